The number of amides is 3. The van der Waals surface area contributed by atoms with E-state index in [2.05, 4.69) is 43.2 Å². The molecule has 1 atom stereocenters. The number of likely N-dealkylation sites (tertiary alicyclic amines) is 1. The van der Waals surface area contributed by atoms with Gasteiger partial charge < -0.3 is 15.1 Å². The van der Waals surface area contributed by atoms with E-state index in [1.807, 2.05) is 29.0 Å². The second-order valence-electron chi connectivity index (χ2n) is 8.34. The Bertz CT molecular complexity index is 688. The zero-order chi connectivity index (χ0) is 19.6. The van der Waals surface area contributed by atoms with Gasteiger partial charge in [-0.25, -0.2) is 4.79 Å². The molecule has 2 saturated heterocycles. The molecule has 0 bridgehead atoms. The highest BCUT2D eigenvalue weighted by molar-refractivity contribution is 5.89. The third kappa shape index (κ3) is 4.26. The molecule has 0 aromatic heterocycles. The van der Waals surface area contributed by atoms with E-state index in [9.17, 15) is 9.59 Å². The van der Waals surface area contributed by atoms with Gasteiger partial charge in [-0.2, -0.15) is 0 Å². The number of hydrogen-bond acceptors (Lipinski definition) is 3. The number of carbonyl (C=O) groups excluding carboxylic acids is 2. The van der Waals surface area contributed by atoms with Gasteiger partial charge in [0.1, 0.15) is 0 Å². The van der Waals surface area contributed by atoms with Gasteiger partial charge in [-0.1, -0.05) is 26.0 Å². The highest BCUT2D eigenvalue weighted by Crippen LogP contribution is 2.32. The lowest BCUT2D eigenvalue weighted by Gasteiger charge is -2.49. The van der Waals surface area contributed by atoms with Crippen LogP contribution < -0.4 is 5.32 Å². The number of carbonyl (C=O) groups is 2. The van der Waals surface area contributed by atoms with Gasteiger partial charge in [0.05, 0.1) is 0 Å². The van der Waals surface area contributed by atoms with E-state index >= 15 is 0 Å². The lowest BCUT2D eigenvalue weighted by molar-refractivity contribution is -0.129. The molecule has 6 heteroatoms. The smallest absolute Gasteiger partial charge is 0.321 e. The van der Waals surface area contributed by atoms with E-state index in [1.54, 1.807) is 0 Å². The quantitative estimate of drug-likeness (QED) is 0.868. The van der Waals surface area contributed by atoms with Crippen LogP contribution in [0.1, 0.15) is 44.6 Å². The number of piperazine rings is 1. The fraction of sp³-hybridized carbons (Fsp3) is 0.619. The van der Waals surface area contributed by atoms with Crippen LogP contribution in [-0.4, -0.2) is 72.5 Å². The summed E-state index contributed by atoms with van der Waals surface area (Å²) in [6, 6.07) is 8.02. The van der Waals surface area contributed by atoms with Crippen molar-refractivity contribution in [2.75, 3.05) is 45.6 Å². The molecule has 1 aromatic rings. The Balaban J connectivity index is 1.67. The first-order valence-corrected chi connectivity index (χ1v) is 9.92. The first kappa shape index (κ1) is 19.7. The first-order valence-electron chi connectivity index (χ1n) is 9.92. The zero-order valence-electron chi connectivity index (χ0n) is 17.0. The molecule has 0 unspecified atom stereocenters. The van der Waals surface area contributed by atoms with Crippen molar-refractivity contribution in [1.82, 2.24) is 14.7 Å². The second-order valence-corrected chi connectivity index (χ2v) is 8.34. The largest absolute Gasteiger partial charge is 0.346 e. The number of urea groups is 1. The van der Waals surface area contributed by atoms with Crippen molar-refractivity contribution in [2.24, 2.45) is 0 Å². The van der Waals surface area contributed by atoms with Crippen LogP contribution in [0, 0.1) is 0 Å². The van der Waals surface area contributed by atoms with Gasteiger partial charge in [-0.05, 0) is 43.5 Å². The van der Waals surface area contributed by atoms with Gasteiger partial charge >= 0.3 is 6.03 Å². The van der Waals surface area contributed by atoms with E-state index < -0.39 is 0 Å². The highest BCUT2D eigenvalue weighted by atomic mass is 16.2. The average Bonchev–Trinajstić information content (AvgIpc) is 2.79. The fourth-order valence-corrected chi connectivity index (χ4v) is 4.09. The van der Waals surface area contributed by atoms with Crippen molar-refractivity contribution >= 4 is 17.6 Å². The summed E-state index contributed by atoms with van der Waals surface area (Å²) in [5.74, 6) is 0.676. The Morgan fingerprint density at radius 1 is 1.07 bits per heavy atom. The molecule has 0 radical (unpaired) electrons. The van der Waals surface area contributed by atoms with E-state index in [1.165, 1.54) is 5.56 Å². The van der Waals surface area contributed by atoms with Crippen molar-refractivity contribution < 1.29 is 9.59 Å². The molecule has 3 rings (SSSR count). The normalized spacial score (nSPS) is 24.4. The molecule has 27 heavy (non-hydrogen) atoms. The van der Waals surface area contributed by atoms with Gasteiger partial charge in [-0.15, -0.1) is 0 Å². The maximum Gasteiger partial charge on any atom is 0.321 e. The molecule has 0 aliphatic carbocycles. The summed E-state index contributed by atoms with van der Waals surface area (Å²) in [5.41, 5.74) is 1.98. The number of nitrogens with one attached hydrogen (secondary N) is 1. The molecule has 2 aliphatic heterocycles. The molecule has 2 aliphatic rings. The van der Waals surface area contributed by atoms with E-state index in [-0.39, 0.29) is 17.5 Å². The van der Waals surface area contributed by atoms with Crippen LogP contribution in [0.5, 0.6) is 0 Å². The van der Waals surface area contributed by atoms with Gasteiger partial charge in [0.2, 0.25) is 5.91 Å². The van der Waals surface area contributed by atoms with Gasteiger partial charge in [0.15, 0.2) is 0 Å². The predicted octanol–water partition coefficient (Wildman–Crippen LogP) is 2.97. The second kappa shape index (κ2) is 7.89. The summed E-state index contributed by atoms with van der Waals surface area (Å²) in [5, 5.41) is 3.04. The summed E-state index contributed by atoms with van der Waals surface area (Å²) >= 11 is 0. The summed E-state index contributed by atoms with van der Waals surface area (Å²) < 4.78 is 0. The number of hydrogen-bond donors (Lipinski definition) is 1. The van der Waals surface area contributed by atoms with E-state index in [0.29, 0.717) is 25.4 Å². The molecule has 1 aromatic carbocycles. The molecule has 3 amide bonds. The Morgan fingerprint density at radius 2 is 1.78 bits per heavy atom. The molecule has 2 heterocycles. The number of anilines is 1. The summed E-state index contributed by atoms with van der Waals surface area (Å²) in [6.45, 7) is 7.27. The number of likely N-dealkylation sites (N-methyl/N-ethyl adjacent to an activating group) is 1. The number of rotatable bonds is 2. The molecule has 6 nitrogen and oxygen atoms in total. The van der Waals surface area contributed by atoms with Crippen LogP contribution in [0.4, 0.5) is 10.5 Å². The Hall–Kier alpha value is -2.08. The molecular formula is C21H32N4O2. The van der Waals surface area contributed by atoms with Crippen LogP contribution in [0.3, 0.4) is 0 Å². The minimum absolute atomic E-state index is 0.0521. The minimum atomic E-state index is -0.114. The van der Waals surface area contributed by atoms with Crippen LogP contribution in [0.25, 0.3) is 0 Å². The molecule has 1 N–H and O–H groups in total. The van der Waals surface area contributed by atoms with Crippen LogP contribution in [0.15, 0.2) is 24.3 Å². The maximum atomic E-state index is 12.9. The highest BCUT2D eigenvalue weighted by Gasteiger charge is 2.42. The summed E-state index contributed by atoms with van der Waals surface area (Å²) in [4.78, 5) is 31.0. The van der Waals surface area contributed by atoms with Crippen molar-refractivity contribution in [1.29, 1.82) is 0 Å². The van der Waals surface area contributed by atoms with Crippen LogP contribution in [-0.2, 0) is 4.79 Å². The molecule has 148 valence electrons. The van der Waals surface area contributed by atoms with Crippen molar-refractivity contribution in [3.63, 3.8) is 0 Å². The van der Waals surface area contributed by atoms with Crippen LogP contribution in [0.2, 0.25) is 0 Å². The topological polar surface area (TPSA) is 55.9 Å². The van der Waals surface area contributed by atoms with Gasteiger partial charge in [0, 0.05) is 50.9 Å². The molecular weight excluding hydrogens is 340 g/mol. The van der Waals surface area contributed by atoms with Crippen molar-refractivity contribution in [3.8, 4) is 0 Å². The third-order valence-corrected chi connectivity index (χ3v) is 6.26. The lowest BCUT2D eigenvalue weighted by atomic mass is 9.86. The van der Waals surface area contributed by atoms with Crippen molar-refractivity contribution in [3.05, 3.63) is 29.8 Å². The third-order valence-electron chi connectivity index (χ3n) is 6.26. The standard InChI is InChI=1S/C21H32N4O2/c1-16(2)17-5-7-18(8-6-17)22-20(27)25-14-13-24(4)21(15-25)10-9-19(26)23(3)12-11-21/h5-8,16H,9-15H2,1-4H3,(H,22,27)/t21-/m0/s1. The van der Waals surface area contributed by atoms with Gasteiger partial charge in [-0.3, -0.25) is 9.69 Å². The maximum absolute atomic E-state index is 12.9. The SMILES string of the molecule is CC(C)c1ccc(NC(=O)N2CCN(C)[C@]3(CCC(=O)N(C)CC3)C2)cc1. The lowest BCUT2D eigenvalue weighted by Crippen LogP contribution is -2.62. The van der Waals surface area contributed by atoms with E-state index in [0.717, 1.165) is 31.6 Å². The number of benzene rings is 1. The van der Waals surface area contributed by atoms with Crippen LogP contribution >= 0.6 is 0 Å². The summed E-state index contributed by atoms with van der Waals surface area (Å²) in [6.07, 6.45) is 2.26. The number of nitrogens with zero attached hydrogens (tertiary/aromatic N) is 3. The molecule has 1 spiro atoms. The predicted molar refractivity (Wildman–Crippen MR) is 108 cm³/mol. The molecule has 0 saturated carbocycles. The monoisotopic (exact) mass is 372 g/mol. The molecule has 2 fully saturated rings. The van der Waals surface area contributed by atoms with E-state index in [4.69, 9.17) is 0 Å². The fourth-order valence-electron chi connectivity index (χ4n) is 4.09. The van der Waals surface area contributed by atoms with Crippen molar-refractivity contribution in [2.45, 2.75) is 44.6 Å². The Kier molecular flexibility index (Phi) is 5.75. The average molecular weight is 373 g/mol. The Labute approximate surface area is 162 Å². The zero-order valence-corrected chi connectivity index (χ0v) is 17.0. The first-order chi connectivity index (χ1) is 12.8. The minimum Gasteiger partial charge on any atom is -0.346 e. The summed E-state index contributed by atoms with van der Waals surface area (Å²) in [7, 11) is 3.99. The van der Waals surface area contributed by atoms with Gasteiger partial charge in [0.25, 0.3) is 0 Å². The Morgan fingerprint density at radius 3 is 2.44 bits per heavy atom.